The van der Waals surface area contributed by atoms with Crippen molar-refractivity contribution >= 4 is 23.6 Å². The lowest BCUT2D eigenvalue weighted by Gasteiger charge is -2.12. The van der Waals surface area contributed by atoms with Gasteiger partial charge >= 0.3 is 5.97 Å². The topological polar surface area (TPSA) is 90.6 Å². The van der Waals surface area contributed by atoms with E-state index in [0.29, 0.717) is 24.5 Å². The molecule has 0 fully saturated rings. The van der Waals surface area contributed by atoms with E-state index in [9.17, 15) is 9.59 Å². The Bertz CT molecular complexity index is 263. The molecule has 106 valence electrons. The number of thioether (sulfide) groups is 1. The Kier molecular flexibility index (Phi) is 9.72. The molecule has 0 saturated heterocycles. The highest BCUT2D eigenvalue weighted by Crippen LogP contribution is 2.04. The van der Waals surface area contributed by atoms with Crippen LogP contribution < -0.4 is 11.1 Å². The first-order chi connectivity index (χ1) is 8.51. The number of nitrogens with one attached hydrogen (secondary N) is 1. The van der Waals surface area contributed by atoms with Gasteiger partial charge < -0.3 is 20.5 Å². The zero-order chi connectivity index (χ0) is 14.0. The summed E-state index contributed by atoms with van der Waals surface area (Å²) in [5.41, 5.74) is 5.56. The van der Waals surface area contributed by atoms with Crippen molar-refractivity contribution in [2.24, 2.45) is 5.73 Å². The molecule has 0 aromatic carbocycles. The maximum atomic E-state index is 11.5. The maximum absolute atomic E-state index is 11.5. The number of nitrogens with two attached hydrogens (primary N) is 1. The molecule has 0 aliphatic carbocycles. The van der Waals surface area contributed by atoms with Crippen molar-refractivity contribution < 1.29 is 19.1 Å². The quantitative estimate of drug-likeness (QED) is 0.447. The Morgan fingerprint density at radius 3 is 2.61 bits per heavy atom. The van der Waals surface area contributed by atoms with Crippen molar-refractivity contribution in [3.05, 3.63) is 0 Å². The van der Waals surface area contributed by atoms with E-state index in [1.165, 1.54) is 18.9 Å². The van der Waals surface area contributed by atoms with Gasteiger partial charge in [0.05, 0.1) is 19.5 Å². The fourth-order valence-electron chi connectivity index (χ4n) is 1.25. The van der Waals surface area contributed by atoms with Crippen LogP contribution in [0.4, 0.5) is 0 Å². The average Bonchev–Trinajstić information content (AvgIpc) is 2.33. The van der Waals surface area contributed by atoms with Crippen molar-refractivity contribution in [3.8, 4) is 0 Å². The Morgan fingerprint density at radius 2 is 2.06 bits per heavy atom. The second-order valence-electron chi connectivity index (χ2n) is 3.89. The standard InChI is InChI=1S/C11H22N2O4S/c1-8(6-16-2)13-10(14)7-18-5-4-9(12)11(15)17-3/h8-9H,4-7,12H2,1-3H3,(H,13,14). The first-order valence-corrected chi connectivity index (χ1v) is 6.86. The molecule has 0 heterocycles. The lowest BCUT2D eigenvalue weighted by molar-refractivity contribution is -0.142. The third-order valence-corrected chi connectivity index (χ3v) is 3.13. The summed E-state index contributed by atoms with van der Waals surface area (Å²) in [7, 11) is 2.89. The van der Waals surface area contributed by atoms with Crippen LogP contribution in [-0.2, 0) is 19.1 Å². The van der Waals surface area contributed by atoms with Crippen LogP contribution in [0.1, 0.15) is 13.3 Å². The third kappa shape index (κ3) is 8.32. The normalized spacial score (nSPS) is 13.8. The summed E-state index contributed by atoms with van der Waals surface area (Å²) in [5.74, 6) is 0.523. The molecule has 2 unspecified atom stereocenters. The van der Waals surface area contributed by atoms with Crippen LogP contribution in [0.3, 0.4) is 0 Å². The number of rotatable bonds is 9. The number of esters is 1. The number of amides is 1. The van der Waals surface area contributed by atoms with Crippen LogP contribution in [0.15, 0.2) is 0 Å². The predicted octanol–water partition coefficient (Wildman–Crippen LogP) is -0.239. The van der Waals surface area contributed by atoms with Gasteiger partial charge in [0.15, 0.2) is 0 Å². The molecular weight excluding hydrogens is 256 g/mol. The molecule has 7 heteroatoms. The second kappa shape index (κ2) is 10.2. The minimum Gasteiger partial charge on any atom is -0.468 e. The van der Waals surface area contributed by atoms with Gasteiger partial charge in [-0.2, -0.15) is 11.8 Å². The van der Waals surface area contributed by atoms with E-state index in [-0.39, 0.29) is 11.9 Å². The largest absolute Gasteiger partial charge is 0.468 e. The minimum absolute atomic E-state index is 0.000395. The van der Waals surface area contributed by atoms with Crippen molar-refractivity contribution in [2.75, 3.05) is 32.3 Å². The van der Waals surface area contributed by atoms with Gasteiger partial charge in [0.25, 0.3) is 0 Å². The van der Waals surface area contributed by atoms with Crippen LogP contribution in [-0.4, -0.2) is 56.3 Å². The average molecular weight is 278 g/mol. The van der Waals surface area contributed by atoms with E-state index < -0.39 is 12.0 Å². The molecule has 0 saturated carbocycles. The van der Waals surface area contributed by atoms with E-state index in [1.807, 2.05) is 6.92 Å². The number of carbonyl (C=O) groups excluding carboxylic acids is 2. The summed E-state index contributed by atoms with van der Waals surface area (Å²) < 4.78 is 9.41. The predicted molar refractivity (Wildman–Crippen MR) is 71.4 cm³/mol. The molecule has 0 aromatic rings. The zero-order valence-corrected chi connectivity index (χ0v) is 11.9. The fraction of sp³-hybridized carbons (Fsp3) is 0.818. The van der Waals surface area contributed by atoms with Crippen molar-refractivity contribution in [2.45, 2.75) is 25.4 Å². The summed E-state index contributed by atoms with van der Waals surface area (Å²) >= 11 is 1.44. The molecular formula is C11H22N2O4S. The highest BCUT2D eigenvalue weighted by atomic mass is 32.2. The van der Waals surface area contributed by atoms with E-state index in [4.69, 9.17) is 10.5 Å². The number of hydrogen-bond donors (Lipinski definition) is 2. The van der Waals surface area contributed by atoms with Gasteiger partial charge in [0, 0.05) is 13.2 Å². The molecule has 0 aliphatic heterocycles. The summed E-state index contributed by atoms with van der Waals surface area (Å²) in [6.45, 7) is 2.36. The van der Waals surface area contributed by atoms with E-state index in [2.05, 4.69) is 10.1 Å². The maximum Gasteiger partial charge on any atom is 0.322 e. The first kappa shape index (κ1) is 17.2. The molecule has 1 amide bonds. The highest BCUT2D eigenvalue weighted by Gasteiger charge is 2.13. The van der Waals surface area contributed by atoms with Crippen LogP contribution in [0.25, 0.3) is 0 Å². The Hall–Kier alpha value is -0.790. The Balaban J connectivity index is 3.60. The molecule has 6 nitrogen and oxygen atoms in total. The van der Waals surface area contributed by atoms with Crippen molar-refractivity contribution in [1.29, 1.82) is 0 Å². The van der Waals surface area contributed by atoms with Gasteiger partial charge in [-0.05, 0) is 19.1 Å². The second-order valence-corrected chi connectivity index (χ2v) is 5.00. The van der Waals surface area contributed by atoms with Gasteiger partial charge in [-0.1, -0.05) is 0 Å². The molecule has 0 aliphatic rings. The molecule has 0 rings (SSSR count). The number of carbonyl (C=O) groups is 2. The van der Waals surface area contributed by atoms with Crippen LogP contribution >= 0.6 is 11.8 Å². The molecule has 0 aromatic heterocycles. The minimum atomic E-state index is -0.613. The molecule has 2 atom stereocenters. The first-order valence-electron chi connectivity index (χ1n) is 5.70. The zero-order valence-electron chi connectivity index (χ0n) is 11.1. The molecule has 0 bridgehead atoms. The summed E-state index contributed by atoms with van der Waals surface area (Å²) in [6, 6.07) is -0.613. The van der Waals surface area contributed by atoms with Gasteiger partial charge in [0.2, 0.25) is 5.91 Å². The van der Waals surface area contributed by atoms with Crippen LogP contribution in [0.2, 0.25) is 0 Å². The van der Waals surface area contributed by atoms with E-state index in [1.54, 1.807) is 7.11 Å². The molecule has 18 heavy (non-hydrogen) atoms. The van der Waals surface area contributed by atoms with Crippen molar-refractivity contribution in [3.63, 3.8) is 0 Å². The molecule has 3 N–H and O–H groups in total. The SMILES string of the molecule is COCC(C)NC(=O)CSCCC(N)C(=O)OC. The van der Waals surface area contributed by atoms with Crippen LogP contribution in [0, 0.1) is 0 Å². The van der Waals surface area contributed by atoms with E-state index >= 15 is 0 Å². The number of methoxy groups -OCH3 is 2. The smallest absolute Gasteiger partial charge is 0.322 e. The van der Waals surface area contributed by atoms with Crippen LogP contribution in [0.5, 0.6) is 0 Å². The van der Waals surface area contributed by atoms with Gasteiger partial charge in [-0.15, -0.1) is 0 Å². The summed E-state index contributed by atoms with van der Waals surface area (Å²) in [6.07, 6.45) is 0.498. The van der Waals surface area contributed by atoms with Crippen molar-refractivity contribution in [1.82, 2.24) is 5.32 Å². The van der Waals surface area contributed by atoms with Gasteiger partial charge in [-0.25, -0.2) is 0 Å². The third-order valence-electron chi connectivity index (χ3n) is 2.13. The summed E-state index contributed by atoms with van der Waals surface area (Å²) in [5, 5.41) is 2.80. The highest BCUT2D eigenvalue weighted by molar-refractivity contribution is 7.99. The van der Waals surface area contributed by atoms with E-state index in [0.717, 1.165) is 0 Å². The molecule has 0 radical (unpaired) electrons. The molecule has 0 spiro atoms. The Morgan fingerprint density at radius 1 is 1.39 bits per heavy atom. The van der Waals surface area contributed by atoms with Gasteiger partial charge in [0.1, 0.15) is 6.04 Å². The van der Waals surface area contributed by atoms with Gasteiger partial charge in [-0.3, -0.25) is 9.59 Å². The summed E-state index contributed by atoms with van der Waals surface area (Å²) in [4.78, 5) is 22.5. The monoisotopic (exact) mass is 278 g/mol. The fourth-order valence-corrected chi connectivity index (χ4v) is 2.09. The number of ether oxygens (including phenoxy) is 2. The lowest BCUT2D eigenvalue weighted by Crippen LogP contribution is -2.37. The number of hydrogen-bond acceptors (Lipinski definition) is 6. The lowest BCUT2D eigenvalue weighted by atomic mass is 10.2. The Labute approximate surface area is 112 Å².